The molecule has 1 N–H and O–H groups in total. The van der Waals surface area contributed by atoms with Crippen LogP contribution in [0.15, 0.2) is 36.8 Å². The van der Waals surface area contributed by atoms with Crippen molar-refractivity contribution in [1.29, 1.82) is 0 Å². The van der Waals surface area contributed by atoms with E-state index in [2.05, 4.69) is 57.9 Å². The highest BCUT2D eigenvalue weighted by Crippen LogP contribution is 2.22. The van der Waals surface area contributed by atoms with Gasteiger partial charge in [0.05, 0.1) is 12.0 Å². The Bertz CT molecular complexity index is 621. The molecule has 3 rings (SSSR count). The third-order valence-corrected chi connectivity index (χ3v) is 4.93. The molecule has 0 bridgehead atoms. The van der Waals surface area contributed by atoms with Crippen molar-refractivity contribution in [3.8, 4) is 0 Å². The van der Waals surface area contributed by atoms with Crippen LogP contribution < -0.4 is 5.32 Å². The number of imidazole rings is 1. The highest BCUT2D eigenvalue weighted by atomic mass is 15.1. The fourth-order valence-corrected chi connectivity index (χ4v) is 3.83. The van der Waals surface area contributed by atoms with Gasteiger partial charge in [-0.05, 0) is 29.4 Å². The number of rotatable bonds is 6. The fourth-order valence-electron chi connectivity index (χ4n) is 3.83. The van der Waals surface area contributed by atoms with Gasteiger partial charge in [0, 0.05) is 46.0 Å². The van der Waals surface area contributed by atoms with Crippen LogP contribution in [-0.2, 0) is 26.7 Å². The van der Waals surface area contributed by atoms with Crippen LogP contribution in [0.25, 0.3) is 0 Å². The van der Waals surface area contributed by atoms with Crippen LogP contribution in [0.1, 0.15) is 37.1 Å². The first-order valence-corrected chi connectivity index (χ1v) is 9.06. The quantitative estimate of drug-likeness (QED) is 0.885. The number of likely N-dealkylation sites (tertiary alicyclic amines) is 1. The molecule has 4 nitrogen and oxygen atoms in total. The van der Waals surface area contributed by atoms with Crippen molar-refractivity contribution in [1.82, 2.24) is 19.8 Å². The average molecular weight is 326 g/mol. The van der Waals surface area contributed by atoms with Crippen LogP contribution in [0.5, 0.6) is 0 Å². The molecule has 0 amide bonds. The maximum absolute atomic E-state index is 4.14. The van der Waals surface area contributed by atoms with E-state index in [9.17, 15) is 0 Å². The number of benzene rings is 1. The van der Waals surface area contributed by atoms with Crippen molar-refractivity contribution in [2.75, 3.05) is 13.1 Å². The first-order chi connectivity index (χ1) is 11.6. The van der Waals surface area contributed by atoms with Gasteiger partial charge in [-0.3, -0.25) is 4.90 Å². The van der Waals surface area contributed by atoms with Crippen molar-refractivity contribution >= 4 is 0 Å². The average Bonchev–Trinajstić information content (AvgIpc) is 2.93. The van der Waals surface area contributed by atoms with Gasteiger partial charge in [-0.1, -0.05) is 38.1 Å². The Balaban J connectivity index is 1.47. The summed E-state index contributed by atoms with van der Waals surface area (Å²) in [5.74, 6) is 1.65. The molecule has 24 heavy (non-hydrogen) atoms. The molecular formula is C20H30N4. The largest absolute Gasteiger partial charge is 0.337 e. The topological polar surface area (TPSA) is 33.1 Å². The molecule has 0 spiro atoms. The lowest BCUT2D eigenvalue weighted by Crippen LogP contribution is -2.38. The van der Waals surface area contributed by atoms with Gasteiger partial charge in [0.1, 0.15) is 0 Å². The molecule has 1 aromatic heterocycles. The lowest BCUT2D eigenvalue weighted by molar-refractivity contribution is 0.134. The summed E-state index contributed by atoms with van der Waals surface area (Å²) < 4.78 is 2.05. The predicted octanol–water partition coefficient (Wildman–Crippen LogP) is 3.19. The van der Waals surface area contributed by atoms with Gasteiger partial charge in [0.25, 0.3) is 0 Å². The molecule has 1 aliphatic rings. The summed E-state index contributed by atoms with van der Waals surface area (Å²) in [6.07, 6.45) is 5.13. The van der Waals surface area contributed by atoms with Crippen LogP contribution in [0.2, 0.25) is 0 Å². The maximum atomic E-state index is 4.14. The van der Waals surface area contributed by atoms with E-state index >= 15 is 0 Å². The molecule has 2 atom stereocenters. The van der Waals surface area contributed by atoms with E-state index in [1.54, 1.807) is 0 Å². The number of aryl methyl sites for hydroxylation is 1. The number of hydrogen-bond donors (Lipinski definition) is 1. The minimum Gasteiger partial charge on any atom is -0.337 e. The molecule has 0 saturated carbocycles. The smallest absolute Gasteiger partial charge is 0.0945 e. The molecule has 0 unspecified atom stereocenters. The zero-order chi connectivity index (χ0) is 16.9. The SMILES string of the molecule is C[C@H]1C[C@H](C)CN(Cc2ccc(CNCc3cncn3C)cc2)C1. The van der Waals surface area contributed by atoms with E-state index in [0.29, 0.717) is 0 Å². The predicted molar refractivity (Wildman–Crippen MR) is 98.4 cm³/mol. The summed E-state index contributed by atoms with van der Waals surface area (Å²) in [6, 6.07) is 9.07. The van der Waals surface area contributed by atoms with Crippen molar-refractivity contribution in [3.63, 3.8) is 0 Å². The van der Waals surface area contributed by atoms with Gasteiger partial charge in [0.2, 0.25) is 0 Å². The molecular weight excluding hydrogens is 296 g/mol. The van der Waals surface area contributed by atoms with Crippen LogP contribution in [0, 0.1) is 11.8 Å². The van der Waals surface area contributed by atoms with Gasteiger partial charge < -0.3 is 9.88 Å². The molecule has 2 aromatic rings. The van der Waals surface area contributed by atoms with E-state index < -0.39 is 0 Å². The van der Waals surface area contributed by atoms with E-state index in [4.69, 9.17) is 0 Å². The molecule has 2 heterocycles. The van der Waals surface area contributed by atoms with Crippen molar-refractivity contribution in [2.45, 2.75) is 39.9 Å². The molecule has 1 fully saturated rings. The number of nitrogens with one attached hydrogen (secondary N) is 1. The summed E-state index contributed by atoms with van der Waals surface area (Å²) >= 11 is 0. The minimum absolute atomic E-state index is 0.823. The Kier molecular flexibility index (Phi) is 5.69. The van der Waals surface area contributed by atoms with E-state index in [-0.39, 0.29) is 0 Å². The molecule has 1 saturated heterocycles. The van der Waals surface area contributed by atoms with Crippen molar-refractivity contribution in [3.05, 3.63) is 53.6 Å². The maximum Gasteiger partial charge on any atom is 0.0945 e. The van der Waals surface area contributed by atoms with Crippen molar-refractivity contribution in [2.24, 2.45) is 18.9 Å². The Morgan fingerprint density at radius 3 is 2.33 bits per heavy atom. The van der Waals surface area contributed by atoms with Crippen LogP contribution in [0.4, 0.5) is 0 Å². The van der Waals surface area contributed by atoms with Crippen LogP contribution >= 0.6 is 0 Å². The fraction of sp³-hybridized carbons (Fsp3) is 0.550. The second-order valence-electron chi connectivity index (χ2n) is 7.56. The van der Waals surface area contributed by atoms with E-state index in [0.717, 1.165) is 31.5 Å². The Hall–Kier alpha value is -1.65. The normalized spacial score (nSPS) is 22.0. The van der Waals surface area contributed by atoms with Crippen LogP contribution in [-0.4, -0.2) is 27.5 Å². The Morgan fingerprint density at radius 2 is 1.71 bits per heavy atom. The summed E-state index contributed by atoms with van der Waals surface area (Å²) in [4.78, 5) is 6.75. The summed E-state index contributed by atoms with van der Waals surface area (Å²) in [7, 11) is 2.03. The third kappa shape index (κ3) is 4.68. The first kappa shape index (κ1) is 17.2. The molecule has 0 aliphatic carbocycles. The number of piperidine rings is 1. The third-order valence-electron chi connectivity index (χ3n) is 4.93. The van der Waals surface area contributed by atoms with Gasteiger partial charge in [0.15, 0.2) is 0 Å². The highest BCUT2D eigenvalue weighted by molar-refractivity contribution is 5.22. The van der Waals surface area contributed by atoms with Gasteiger partial charge in [-0.25, -0.2) is 4.98 Å². The summed E-state index contributed by atoms with van der Waals surface area (Å²) in [5, 5.41) is 3.49. The summed E-state index contributed by atoms with van der Waals surface area (Å²) in [6.45, 7) is 10.0. The molecule has 0 radical (unpaired) electrons. The summed E-state index contributed by atoms with van der Waals surface area (Å²) in [5.41, 5.74) is 3.97. The molecule has 4 heteroatoms. The minimum atomic E-state index is 0.823. The van der Waals surface area contributed by atoms with E-state index in [1.807, 2.05) is 19.6 Å². The zero-order valence-corrected chi connectivity index (χ0v) is 15.2. The Morgan fingerprint density at radius 1 is 1.04 bits per heavy atom. The van der Waals surface area contributed by atoms with Gasteiger partial charge >= 0.3 is 0 Å². The van der Waals surface area contributed by atoms with Gasteiger partial charge in [-0.15, -0.1) is 0 Å². The number of hydrogen-bond acceptors (Lipinski definition) is 3. The lowest BCUT2D eigenvalue weighted by Gasteiger charge is -2.35. The standard InChI is InChI=1S/C20H30N4/c1-16-8-17(2)13-24(12-16)14-19-6-4-18(5-7-19)9-21-10-20-11-22-15-23(20)3/h4-7,11,15-17,21H,8-10,12-14H2,1-3H3/t16-,17-/m0/s1. The lowest BCUT2D eigenvalue weighted by atomic mass is 9.91. The number of aromatic nitrogens is 2. The second kappa shape index (κ2) is 7.95. The van der Waals surface area contributed by atoms with Crippen LogP contribution in [0.3, 0.4) is 0 Å². The zero-order valence-electron chi connectivity index (χ0n) is 15.2. The molecule has 1 aliphatic heterocycles. The first-order valence-electron chi connectivity index (χ1n) is 9.06. The monoisotopic (exact) mass is 326 g/mol. The van der Waals surface area contributed by atoms with Crippen molar-refractivity contribution < 1.29 is 0 Å². The highest BCUT2D eigenvalue weighted by Gasteiger charge is 2.21. The molecule has 130 valence electrons. The number of nitrogens with zero attached hydrogens (tertiary/aromatic N) is 3. The Labute approximate surface area is 145 Å². The van der Waals surface area contributed by atoms with E-state index in [1.165, 1.54) is 36.3 Å². The second-order valence-corrected chi connectivity index (χ2v) is 7.56. The molecule has 1 aromatic carbocycles. The van der Waals surface area contributed by atoms with Gasteiger partial charge in [-0.2, -0.15) is 0 Å².